The third-order valence-electron chi connectivity index (χ3n) is 4.88. The minimum absolute atomic E-state index is 0.216. The van der Waals surface area contributed by atoms with E-state index in [0.717, 1.165) is 33.5 Å². The van der Waals surface area contributed by atoms with Crippen molar-refractivity contribution in [2.75, 3.05) is 7.11 Å². The number of benzene rings is 3. The van der Waals surface area contributed by atoms with E-state index in [1.165, 1.54) is 7.11 Å². The van der Waals surface area contributed by atoms with Crippen molar-refractivity contribution in [1.82, 2.24) is 9.55 Å². The van der Waals surface area contributed by atoms with Gasteiger partial charge < -0.3 is 9.30 Å². The molecule has 28 heavy (non-hydrogen) atoms. The molecule has 3 aromatic carbocycles. The molecule has 0 aliphatic heterocycles. The lowest BCUT2D eigenvalue weighted by atomic mass is 9.99. The quantitative estimate of drug-likeness (QED) is 0.430. The Morgan fingerprint density at radius 1 is 0.929 bits per heavy atom. The number of nitrogens with zero attached hydrogens (tertiary/aromatic N) is 2. The van der Waals surface area contributed by atoms with Gasteiger partial charge in [0.2, 0.25) is 0 Å². The zero-order valence-corrected chi connectivity index (χ0v) is 16.2. The first-order chi connectivity index (χ1) is 13.6. The Morgan fingerprint density at radius 2 is 1.61 bits per heavy atom. The van der Waals surface area contributed by atoms with Crippen LogP contribution in [0, 0.1) is 0 Å². The van der Waals surface area contributed by atoms with Gasteiger partial charge in [-0.2, -0.15) is 0 Å². The van der Waals surface area contributed by atoms with E-state index in [1.54, 1.807) is 12.1 Å². The average Bonchev–Trinajstić information content (AvgIpc) is 3.12. The number of carbonyl (C=O) groups excluding carboxylic acids is 1. The molecular formula is C24H22N2O2. The monoisotopic (exact) mass is 370 g/mol. The average molecular weight is 370 g/mol. The van der Waals surface area contributed by atoms with Gasteiger partial charge in [0.15, 0.2) is 0 Å². The van der Waals surface area contributed by atoms with Crippen LogP contribution < -0.4 is 0 Å². The standard InChI is InChI=1S/C24H22N2O2/c1-16(2)26-22-14-13-18(24(27)28-3)15-21(22)25-23(26)20-12-8-7-11-19(20)17-9-5-4-6-10-17/h4-16H,1-3H3. The minimum Gasteiger partial charge on any atom is -0.465 e. The highest BCUT2D eigenvalue weighted by atomic mass is 16.5. The number of fused-ring (bicyclic) bond motifs is 1. The van der Waals surface area contributed by atoms with Gasteiger partial charge in [-0.15, -0.1) is 0 Å². The maximum Gasteiger partial charge on any atom is 0.337 e. The van der Waals surface area contributed by atoms with E-state index in [4.69, 9.17) is 9.72 Å². The van der Waals surface area contributed by atoms with Crippen LogP contribution in [0.5, 0.6) is 0 Å². The fourth-order valence-corrected chi connectivity index (χ4v) is 3.60. The van der Waals surface area contributed by atoms with E-state index in [-0.39, 0.29) is 12.0 Å². The molecule has 0 aliphatic carbocycles. The van der Waals surface area contributed by atoms with Gasteiger partial charge in [0.25, 0.3) is 0 Å². The predicted octanol–water partition coefficient (Wildman–Crippen LogP) is 5.74. The largest absolute Gasteiger partial charge is 0.465 e. The van der Waals surface area contributed by atoms with E-state index >= 15 is 0 Å². The first kappa shape index (κ1) is 18.0. The second-order valence-electron chi connectivity index (χ2n) is 7.01. The van der Waals surface area contributed by atoms with Gasteiger partial charge in [-0.1, -0.05) is 54.6 Å². The molecule has 0 radical (unpaired) electrons. The lowest BCUT2D eigenvalue weighted by Gasteiger charge is -2.16. The second-order valence-corrected chi connectivity index (χ2v) is 7.01. The van der Waals surface area contributed by atoms with E-state index in [0.29, 0.717) is 5.56 Å². The van der Waals surface area contributed by atoms with Gasteiger partial charge in [0.1, 0.15) is 5.82 Å². The van der Waals surface area contributed by atoms with Crippen LogP contribution in [-0.2, 0) is 4.74 Å². The molecule has 0 N–H and O–H groups in total. The number of hydrogen-bond donors (Lipinski definition) is 0. The molecule has 4 rings (SSSR count). The van der Waals surface area contributed by atoms with Crippen LogP contribution in [0.15, 0.2) is 72.8 Å². The summed E-state index contributed by atoms with van der Waals surface area (Å²) in [5, 5.41) is 0. The Hall–Kier alpha value is -3.40. The molecule has 4 heteroatoms. The Bertz CT molecular complexity index is 1140. The molecule has 0 unspecified atom stereocenters. The number of aromatic nitrogens is 2. The molecule has 0 spiro atoms. The van der Waals surface area contributed by atoms with Crippen molar-refractivity contribution in [3.05, 3.63) is 78.4 Å². The van der Waals surface area contributed by atoms with Gasteiger partial charge in [0.05, 0.1) is 23.7 Å². The molecule has 4 nitrogen and oxygen atoms in total. The first-order valence-corrected chi connectivity index (χ1v) is 9.35. The molecule has 0 saturated heterocycles. The predicted molar refractivity (Wildman–Crippen MR) is 112 cm³/mol. The van der Waals surface area contributed by atoms with Crippen LogP contribution in [0.4, 0.5) is 0 Å². The molecule has 0 atom stereocenters. The summed E-state index contributed by atoms with van der Waals surface area (Å²) in [5.74, 6) is 0.540. The normalized spacial score (nSPS) is 11.1. The van der Waals surface area contributed by atoms with Gasteiger partial charge in [-0.3, -0.25) is 0 Å². The number of hydrogen-bond acceptors (Lipinski definition) is 3. The lowest BCUT2D eigenvalue weighted by Crippen LogP contribution is -2.04. The van der Waals surface area contributed by atoms with Crippen molar-refractivity contribution in [1.29, 1.82) is 0 Å². The summed E-state index contributed by atoms with van der Waals surface area (Å²) < 4.78 is 7.08. The fraction of sp³-hybridized carbons (Fsp3) is 0.167. The minimum atomic E-state index is -0.354. The van der Waals surface area contributed by atoms with E-state index in [2.05, 4.69) is 42.7 Å². The maximum absolute atomic E-state index is 11.9. The highest BCUT2D eigenvalue weighted by molar-refractivity contribution is 5.95. The Kier molecular flexibility index (Phi) is 4.70. The summed E-state index contributed by atoms with van der Waals surface area (Å²) >= 11 is 0. The summed E-state index contributed by atoms with van der Waals surface area (Å²) in [4.78, 5) is 16.9. The van der Waals surface area contributed by atoms with E-state index < -0.39 is 0 Å². The van der Waals surface area contributed by atoms with Crippen molar-refractivity contribution in [3.63, 3.8) is 0 Å². The van der Waals surface area contributed by atoms with Crippen LogP contribution in [0.2, 0.25) is 0 Å². The number of carbonyl (C=O) groups is 1. The lowest BCUT2D eigenvalue weighted by molar-refractivity contribution is 0.0601. The zero-order chi connectivity index (χ0) is 19.7. The van der Waals surface area contributed by atoms with Gasteiger partial charge in [-0.25, -0.2) is 9.78 Å². The molecule has 0 aliphatic rings. The number of esters is 1. The van der Waals surface area contributed by atoms with Crippen molar-refractivity contribution in [2.24, 2.45) is 0 Å². The summed E-state index contributed by atoms with van der Waals surface area (Å²) in [7, 11) is 1.39. The smallest absolute Gasteiger partial charge is 0.337 e. The maximum atomic E-state index is 11.9. The van der Waals surface area contributed by atoms with Crippen LogP contribution in [0.3, 0.4) is 0 Å². The topological polar surface area (TPSA) is 44.1 Å². The van der Waals surface area contributed by atoms with E-state index in [1.807, 2.05) is 36.4 Å². The molecular weight excluding hydrogens is 348 g/mol. The number of rotatable bonds is 4. The number of imidazole rings is 1. The SMILES string of the molecule is COC(=O)c1ccc2c(c1)nc(-c1ccccc1-c1ccccc1)n2C(C)C. The van der Waals surface area contributed by atoms with Crippen LogP contribution in [-0.4, -0.2) is 22.6 Å². The van der Waals surface area contributed by atoms with Crippen molar-refractivity contribution in [2.45, 2.75) is 19.9 Å². The Balaban J connectivity index is 1.97. The molecule has 1 heterocycles. The highest BCUT2D eigenvalue weighted by Crippen LogP contribution is 2.35. The second kappa shape index (κ2) is 7.31. The van der Waals surface area contributed by atoms with Crippen molar-refractivity contribution >= 4 is 17.0 Å². The Labute approximate surface area is 164 Å². The fourth-order valence-electron chi connectivity index (χ4n) is 3.60. The highest BCUT2D eigenvalue weighted by Gasteiger charge is 2.19. The zero-order valence-electron chi connectivity index (χ0n) is 16.2. The number of ether oxygens (including phenoxy) is 1. The summed E-state index contributed by atoms with van der Waals surface area (Å²) in [5.41, 5.74) is 5.64. The Morgan fingerprint density at radius 3 is 2.29 bits per heavy atom. The van der Waals surface area contributed by atoms with Gasteiger partial charge >= 0.3 is 5.97 Å². The summed E-state index contributed by atoms with van der Waals surface area (Å²) in [6, 6.07) is 24.4. The van der Waals surface area contributed by atoms with Crippen LogP contribution in [0.1, 0.15) is 30.2 Å². The molecule has 0 fully saturated rings. The molecule has 1 aromatic heterocycles. The molecule has 140 valence electrons. The molecule has 4 aromatic rings. The van der Waals surface area contributed by atoms with Crippen LogP contribution in [0.25, 0.3) is 33.5 Å². The molecule has 0 amide bonds. The van der Waals surface area contributed by atoms with Gasteiger partial charge in [0, 0.05) is 11.6 Å². The van der Waals surface area contributed by atoms with Crippen LogP contribution >= 0.6 is 0 Å². The third-order valence-corrected chi connectivity index (χ3v) is 4.88. The molecule has 0 bridgehead atoms. The van der Waals surface area contributed by atoms with Crippen molar-refractivity contribution in [3.8, 4) is 22.5 Å². The third kappa shape index (κ3) is 3.07. The molecule has 0 saturated carbocycles. The first-order valence-electron chi connectivity index (χ1n) is 9.35. The van der Waals surface area contributed by atoms with E-state index in [9.17, 15) is 4.79 Å². The van der Waals surface area contributed by atoms with Gasteiger partial charge in [-0.05, 0) is 43.2 Å². The van der Waals surface area contributed by atoms with Crippen molar-refractivity contribution < 1.29 is 9.53 Å². The summed E-state index contributed by atoms with van der Waals surface area (Å²) in [6.45, 7) is 4.29. The number of methoxy groups -OCH3 is 1. The summed E-state index contributed by atoms with van der Waals surface area (Å²) in [6.07, 6.45) is 0.